The Balaban J connectivity index is 1.23. The zero-order valence-electron chi connectivity index (χ0n) is 54.8. The third kappa shape index (κ3) is 5.20. The molecule has 0 radical (unpaired) electrons. The fraction of sp³-hybridized carbons (Fsp3) is 0.100. The first-order valence-electron chi connectivity index (χ1n) is 30.8. The van der Waals surface area contributed by atoms with Crippen molar-refractivity contribution in [2.45, 2.75) is 38.4 Å². The molecule has 0 aliphatic heterocycles. The lowest BCUT2D eigenvalue weighted by atomic mass is 9.81. The smallest absolute Gasteiger partial charge is 0.0652 e. The highest BCUT2D eigenvalue weighted by molar-refractivity contribution is 6.15. The number of rotatable bonds is 5. The number of anilines is 3. The van der Waals surface area contributed by atoms with Crippen molar-refractivity contribution in [2.75, 3.05) is 4.90 Å². The van der Waals surface area contributed by atoms with Crippen LogP contribution in [0, 0.1) is 0 Å². The molecule has 0 heterocycles. The van der Waals surface area contributed by atoms with Crippen LogP contribution in [0.5, 0.6) is 0 Å². The Bertz CT molecular complexity index is 4560. The van der Waals surface area contributed by atoms with E-state index in [0.29, 0.717) is 5.56 Å². The van der Waals surface area contributed by atoms with E-state index in [2.05, 4.69) is 38.1 Å². The Kier molecular flexibility index (Phi) is 4.29. The van der Waals surface area contributed by atoms with Crippen molar-refractivity contribution in [1.29, 1.82) is 0 Å². The minimum atomic E-state index is -3.81. The van der Waals surface area contributed by atoms with E-state index in [0.717, 1.165) is 54.6 Å². The minimum absolute atomic E-state index is 0.135. The monoisotopic (exact) mass is 801 g/mol. The Hall–Kier alpha value is -7.22. The molecule has 0 atom stereocenters. The molecule has 0 spiro atoms. The van der Waals surface area contributed by atoms with Crippen LogP contribution in [0.15, 0.2) is 200 Å². The molecule has 0 aromatic heterocycles. The van der Waals surface area contributed by atoms with Crippen molar-refractivity contribution >= 4 is 49.4 Å². The molecule has 2 aliphatic rings. The van der Waals surface area contributed by atoms with Crippen molar-refractivity contribution in [3.63, 3.8) is 0 Å². The van der Waals surface area contributed by atoms with Gasteiger partial charge in [-0.1, -0.05) is 197 Å². The van der Waals surface area contributed by atoms with Crippen LogP contribution in [0.25, 0.3) is 76.8 Å². The van der Waals surface area contributed by atoms with Gasteiger partial charge in [0.2, 0.25) is 0 Å². The molecule has 10 aromatic carbocycles. The summed E-state index contributed by atoms with van der Waals surface area (Å²) in [4.78, 5) is 0.963. The van der Waals surface area contributed by atoms with Gasteiger partial charge in [0.15, 0.2) is 0 Å². The maximum atomic E-state index is 10.3. The number of hydrogen-bond acceptors (Lipinski definition) is 1. The first-order valence-corrected chi connectivity index (χ1v) is 19.8. The summed E-state index contributed by atoms with van der Waals surface area (Å²) in [6, 6.07) is 18.1. The lowest BCUT2D eigenvalue weighted by molar-refractivity contribution is 0.660. The average Bonchev–Trinajstić information content (AvgIpc) is 1.56. The Morgan fingerprint density at radius 3 is 1.98 bits per heavy atom. The van der Waals surface area contributed by atoms with Crippen LogP contribution >= 0.6 is 0 Å². The molecule has 1 nitrogen and oxygen atoms in total. The summed E-state index contributed by atoms with van der Waals surface area (Å²) >= 11 is 0. The van der Waals surface area contributed by atoms with Gasteiger partial charge in [-0.05, 0) is 124 Å². The molecule has 10 aromatic rings. The fourth-order valence-corrected chi connectivity index (χ4v) is 9.43. The normalized spacial score (nSPS) is 19.7. The molecule has 0 bridgehead atoms. The van der Waals surface area contributed by atoms with E-state index in [-0.39, 0.29) is 11.1 Å². The van der Waals surface area contributed by atoms with E-state index in [1.807, 2.05) is 54.6 Å². The summed E-state index contributed by atoms with van der Waals surface area (Å²) in [5.41, 5.74) is -1.47. The Labute approximate surface area is 389 Å². The second-order valence-corrected chi connectivity index (χ2v) is 15.9. The van der Waals surface area contributed by atoms with Crippen molar-refractivity contribution in [1.82, 2.24) is 0 Å². The first-order chi connectivity index (χ1) is 39.0. The summed E-state index contributed by atoms with van der Waals surface area (Å²) in [6.07, 6.45) is 0. The van der Waals surface area contributed by atoms with Crippen LogP contribution < -0.4 is 4.90 Å². The molecule has 0 unspecified atom stereocenters. The van der Waals surface area contributed by atoms with Gasteiger partial charge in [0.05, 0.1) is 27.6 Å². The van der Waals surface area contributed by atoms with E-state index >= 15 is 0 Å². The lowest BCUT2D eigenvalue weighted by Crippen LogP contribution is -2.16. The van der Waals surface area contributed by atoms with Crippen LogP contribution in [-0.4, -0.2) is 0 Å². The molecule has 61 heavy (non-hydrogen) atoms. The summed E-state index contributed by atoms with van der Waals surface area (Å²) in [5, 5.41) is -0.273. The van der Waals surface area contributed by atoms with Gasteiger partial charge in [0, 0.05) is 35.8 Å². The second kappa shape index (κ2) is 13.1. The van der Waals surface area contributed by atoms with Crippen molar-refractivity contribution in [3.05, 3.63) is 222 Å². The predicted octanol–water partition coefficient (Wildman–Crippen LogP) is 16.6. The quantitative estimate of drug-likeness (QED) is 0.157. The number of nitrogens with zero attached hydrogens (tertiary/aromatic N) is 1. The van der Waals surface area contributed by atoms with E-state index in [4.69, 9.17) is 20.6 Å². The van der Waals surface area contributed by atoms with Gasteiger partial charge in [-0.25, -0.2) is 0 Å². The third-order valence-corrected chi connectivity index (χ3v) is 12.3. The number of hydrogen-bond donors (Lipinski definition) is 0. The molecule has 0 saturated heterocycles. The maximum Gasteiger partial charge on any atom is 0.0652 e. The van der Waals surface area contributed by atoms with E-state index in [1.165, 1.54) is 12.1 Å². The summed E-state index contributed by atoms with van der Waals surface area (Å²) in [7, 11) is 0. The van der Waals surface area contributed by atoms with Gasteiger partial charge < -0.3 is 4.90 Å². The zero-order chi connectivity index (χ0) is 60.0. The number of benzene rings is 10. The Morgan fingerprint density at radius 2 is 1.11 bits per heavy atom. The Morgan fingerprint density at radius 1 is 0.410 bits per heavy atom. The molecule has 1 heteroatoms. The van der Waals surface area contributed by atoms with Crippen LogP contribution in [0.2, 0.25) is 0 Å². The van der Waals surface area contributed by atoms with Crippen LogP contribution in [0.3, 0.4) is 0 Å². The van der Waals surface area contributed by atoms with Gasteiger partial charge in [0.25, 0.3) is 0 Å². The van der Waals surface area contributed by atoms with Gasteiger partial charge in [-0.15, -0.1) is 0 Å². The largest absolute Gasteiger partial charge is 0.310 e. The molecule has 2 aliphatic carbocycles. The topological polar surface area (TPSA) is 3.24 Å². The second-order valence-electron chi connectivity index (χ2n) is 15.9. The van der Waals surface area contributed by atoms with E-state index in [9.17, 15) is 9.60 Å². The van der Waals surface area contributed by atoms with Crippen molar-refractivity contribution in [3.8, 4) is 44.5 Å². The molecule has 0 amide bonds. The van der Waals surface area contributed by atoms with E-state index < -0.39 is 171 Å². The standard InChI is InChI=1S/C60H45N/c1-59(2)53-26-14-12-23-50(53)58-51(24-15-27-54(58)59)57-44-19-8-5-16-38(44)30-34-45(57)39-28-31-41(32-29-39)61(56-36-40-17-6-7-18-43(40)46-20-9-10-22-49(46)56)42-33-35-48-47-21-11-13-25-52(47)60(3,4)55(48)37-42/h5-37H,1-4H3/i3D3,4D3,6D,7D,9D,10D,11D,13D,17D,18D,20D,21D,22D,25D,33D,35D,36D,37D. The highest BCUT2D eigenvalue weighted by atomic mass is 15.1. The van der Waals surface area contributed by atoms with Gasteiger partial charge in [-0.3, -0.25) is 0 Å². The summed E-state index contributed by atoms with van der Waals surface area (Å²) in [5.74, 6) is 0. The van der Waals surface area contributed by atoms with Crippen molar-refractivity contribution < 1.29 is 30.2 Å². The zero-order valence-corrected chi connectivity index (χ0v) is 32.8. The molecule has 0 fully saturated rings. The molecular formula is C60H45N. The predicted molar refractivity (Wildman–Crippen MR) is 260 cm³/mol. The van der Waals surface area contributed by atoms with Crippen LogP contribution in [0.4, 0.5) is 17.1 Å². The molecule has 12 rings (SSSR count). The third-order valence-electron chi connectivity index (χ3n) is 12.3. The molecule has 0 N–H and O–H groups in total. The van der Waals surface area contributed by atoms with Gasteiger partial charge in [-0.2, -0.15) is 0 Å². The fourth-order valence-electron chi connectivity index (χ4n) is 9.43. The lowest BCUT2D eigenvalue weighted by Gasteiger charge is -2.30. The van der Waals surface area contributed by atoms with Crippen LogP contribution in [-0.2, 0) is 10.8 Å². The molecular weight excluding hydrogens is 735 g/mol. The SMILES string of the molecule is [2H]c1c([2H])c([2H])c2c(c1[2H])-c1c([2H])c([2H])c(N(c3ccc(-c4ccc5ccccc5c4-c4cccc5c4-c4ccccc4C5(C)C)cc3)c3c([2H])c4c([2H])c([2H])c([2H])c([2H])c4c4c([2H])c([2H])c([2H])c([2H])c34)c([2H])c1C2(C([2H])([2H])[2H])C([2H])([2H])[2H]. The molecule has 0 saturated carbocycles. The van der Waals surface area contributed by atoms with Crippen LogP contribution in [0.1, 0.15) is 80.0 Å². The highest BCUT2D eigenvalue weighted by Crippen LogP contribution is 2.55. The first kappa shape index (κ1) is 19.9. The maximum absolute atomic E-state index is 10.3. The number of fused-ring (bicyclic) bond motifs is 10. The minimum Gasteiger partial charge on any atom is -0.310 e. The van der Waals surface area contributed by atoms with E-state index in [1.54, 1.807) is 12.1 Å². The highest BCUT2D eigenvalue weighted by Gasteiger charge is 2.38. The molecule has 290 valence electrons. The van der Waals surface area contributed by atoms with Gasteiger partial charge in [0.1, 0.15) is 0 Å². The average molecular weight is 802 g/mol. The van der Waals surface area contributed by atoms with Gasteiger partial charge >= 0.3 is 0 Å². The summed E-state index contributed by atoms with van der Waals surface area (Å²) in [6.45, 7) is -3.26. The van der Waals surface area contributed by atoms with Crippen molar-refractivity contribution in [2.24, 2.45) is 0 Å². The summed E-state index contributed by atoms with van der Waals surface area (Å²) < 4.78 is 203.